The van der Waals surface area contributed by atoms with Gasteiger partial charge in [-0.3, -0.25) is 4.79 Å². The van der Waals surface area contributed by atoms with Gasteiger partial charge in [-0.2, -0.15) is 0 Å². The number of hydrogen-bond acceptors (Lipinski definition) is 2. The summed E-state index contributed by atoms with van der Waals surface area (Å²) in [5, 5.41) is 0. The number of carbonyl (C=O) groups is 1. The molecule has 1 saturated heterocycles. The maximum Gasteiger partial charge on any atom is 0.244 e. The molecule has 1 aromatic carbocycles. The fraction of sp³-hybridized carbons (Fsp3) is 0.588. The minimum absolute atomic E-state index is 0.0772. The van der Waals surface area contributed by atoms with E-state index in [0.29, 0.717) is 0 Å². The highest BCUT2D eigenvalue weighted by Gasteiger charge is 2.25. The first-order valence-electron chi connectivity index (χ1n) is 7.81. The molecule has 1 aliphatic rings. The Hall–Kier alpha value is -1.35. The fourth-order valence-corrected chi connectivity index (χ4v) is 3.08. The van der Waals surface area contributed by atoms with Gasteiger partial charge in [0.15, 0.2) is 0 Å². The molecule has 0 aliphatic carbocycles. The van der Waals surface area contributed by atoms with Crippen molar-refractivity contribution in [2.45, 2.75) is 45.1 Å². The Morgan fingerprint density at radius 2 is 2.05 bits per heavy atom. The van der Waals surface area contributed by atoms with Gasteiger partial charge < -0.3 is 10.6 Å². The molecule has 0 bridgehead atoms. The second kappa shape index (κ2) is 7.44. The van der Waals surface area contributed by atoms with Crippen LogP contribution in [0.1, 0.15) is 50.6 Å². The normalized spacial score (nSPS) is 21.3. The lowest BCUT2D eigenvalue weighted by atomic mass is 9.96. The lowest BCUT2D eigenvalue weighted by molar-refractivity contribution is -0.132. The molecule has 0 radical (unpaired) electrons. The van der Waals surface area contributed by atoms with Gasteiger partial charge in [-0.15, -0.1) is 0 Å². The van der Waals surface area contributed by atoms with Crippen LogP contribution in [0.5, 0.6) is 0 Å². The van der Waals surface area contributed by atoms with Crippen molar-refractivity contribution in [1.82, 2.24) is 4.90 Å². The predicted octanol–water partition coefficient (Wildman–Crippen LogP) is 3.12. The molecule has 0 saturated carbocycles. The van der Waals surface area contributed by atoms with Crippen LogP contribution >= 0.6 is 0 Å². The highest BCUT2D eigenvalue weighted by Crippen LogP contribution is 2.23. The van der Waals surface area contributed by atoms with E-state index in [1.807, 2.05) is 35.2 Å². The van der Waals surface area contributed by atoms with Crippen LogP contribution < -0.4 is 5.73 Å². The molecule has 2 unspecified atom stereocenters. The van der Waals surface area contributed by atoms with E-state index in [1.165, 1.54) is 19.3 Å². The summed E-state index contributed by atoms with van der Waals surface area (Å²) >= 11 is 0. The zero-order chi connectivity index (χ0) is 14.4. The van der Waals surface area contributed by atoms with E-state index in [1.54, 1.807) is 0 Å². The molecule has 110 valence electrons. The molecule has 1 aromatic rings. The van der Waals surface area contributed by atoms with Gasteiger partial charge >= 0.3 is 0 Å². The predicted molar refractivity (Wildman–Crippen MR) is 82.2 cm³/mol. The van der Waals surface area contributed by atoms with Crippen molar-refractivity contribution >= 4 is 5.91 Å². The van der Waals surface area contributed by atoms with Crippen molar-refractivity contribution < 1.29 is 4.79 Å². The highest BCUT2D eigenvalue weighted by molar-refractivity contribution is 5.83. The van der Waals surface area contributed by atoms with E-state index in [9.17, 15) is 4.79 Å². The molecular weight excluding hydrogens is 248 g/mol. The summed E-state index contributed by atoms with van der Waals surface area (Å²) in [5.41, 5.74) is 7.03. The van der Waals surface area contributed by atoms with Gasteiger partial charge in [-0.1, -0.05) is 50.1 Å². The number of nitrogens with two attached hydrogens (primary N) is 1. The van der Waals surface area contributed by atoms with Crippen LogP contribution in [0.15, 0.2) is 30.3 Å². The molecule has 2 rings (SSSR count). The van der Waals surface area contributed by atoms with E-state index in [0.717, 1.165) is 37.4 Å². The lowest BCUT2D eigenvalue weighted by Crippen LogP contribution is -2.39. The van der Waals surface area contributed by atoms with Crippen molar-refractivity contribution in [3.8, 4) is 0 Å². The van der Waals surface area contributed by atoms with Crippen molar-refractivity contribution in [1.29, 1.82) is 0 Å². The molecule has 3 heteroatoms. The third-order valence-corrected chi connectivity index (χ3v) is 4.28. The molecule has 2 atom stereocenters. The standard InChI is InChI=1S/C17H26N2O/c1-2-7-14-8-6-12-19(13-11-14)17(20)16(18)15-9-4-3-5-10-15/h3-5,9-10,14,16H,2,6-8,11-13,18H2,1H3. The van der Waals surface area contributed by atoms with Gasteiger partial charge in [-0.05, 0) is 30.7 Å². The summed E-state index contributed by atoms with van der Waals surface area (Å²) in [6, 6.07) is 9.16. The third-order valence-electron chi connectivity index (χ3n) is 4.28. The summed E-state index contributed by atoms with van der Waals surface area (Å²) in [5.74, 6) is 0.860. The molecule has 3 nitrogen and oxygen atoms in total. The van der Waals surface area contributed by atoms with Crippen LogP contribution in [0.3, 0.4) is 0 Å². The zero-order valence-corrected chi connectivity index (χ0v) is 12.4. The van der Waals surface area contributed by atoms with E-state index < -0.39 is 6.04 Å². The zero-order valence-electron chi connectivity index (χ0n) is 12.4. The van der Waals surface area contributed by atoms with Crippen LogP contribution in [0, 0.1) is 5.92 Å². The number of amides is 1. The van der Waals surface area contributed by atoms with Gasteiger partial charge in [-0.25, -0.2) is 0 Å². The monoisotopic (exact) mass is 274 g/mol. The van der Waals surface area contributed by atoms with Gasteiger partial charge in [0.25, 0.3) is 0 Å². The Morgan fingerprint density at radius 3 is 2.75 bits per heavy atom. The Morgan fingerprint density at radius 1 is 1.30 bits per heavy atom. The maximum atomic E-state index is 12.5. The number of carbonyl (C=O) groups excluding carboxylic acids is 1. The second-order valence-electron chi connectivity index (χ2n) is 5.80. The second-order valence-corrected chi connectivity index (χ2v) is 5.80. The summed E-state index contributed by atoms with van der Waals surface area (Å²) < 4.78 is 0. The van der Waals surface area contributed by atoms with Gasteiger partial charge in [0.1, 0.15) is 6.04 Å². The Balaban J connectivity index is 1.95. The molecule has 0 spiro atoms. The van der Waals surface area contributed by atoms with Crippen molar-refractivity contribution in [3.63, 3.8) is 0 Å². The highest BCUT2D eigenvalue weighted by atomic mass is 16.2. The first-order valence-corrected chi connectivity index (χ1v) is 7.81. The van der Waals surface area contributed by atoms with Crippen LogP contribution in [0.25, 0.3) is 0 Å². The number of benzene rings is 1. The van der Waals surface area contributed by atoms with Crippen LogP contribution in [-0.2, 0) is 4.79 Å². The Kier molecular flexibility index (Phi) is 5.60. The van der Waals surface area contributed by atoms with Crippen LogP contribution in [0.2, 0.25) is 0 Å². The van der Waals surface area contributed by atoms with Crippen molar-refractivity contribution in [2.24, 2.45) is 11.7 Å². The number of rotatable bonds is 4. The van der Waals surface area contributed by atoms with Gasteiger partial charge in [0.05, 0.1) is 0 Å². The lowest BCUT2D eigenvalue weighted by Gasteiger charge is -2.24. The minimum Gasteiger partial charge on any atom is -0.341 e. The number of likely N-dealkylation sites (tertiary alicyclic amines) is 1. The molecule has 1 heterocycles. The van der Waals surface area contributed by atoms with E-state index >= 15 is 0 Å². The molecule has 1 fully saturated rings. The van der Waals surface area contributed by atoms with E-state index in [2.05, 4.69) is 6.92 Å². The molecule has 2 N–H and O–H groups in total. The Bertz CT molecular complexity index is 418. The topological polar surface area (TPSA) is 46.3 Å². The largest absolute Gasteiger partial charge is 0.341 e. The summed E-state index contributed by atoms with van der Waals surface area (Å²) in [4.78, 5) is 14.5. The third kappa shape index (κ3) is 3.83. The summed E-state index contributed by atoms with van der Waals surface area (Å²) in [6.07, 6.45) is 6.01. The van der Waals surface area contributed by atoms with Crippen LogP contribution in [0.4, 0.5) is 0 Å². The molecule has 1 amide bonds. The smallest absolute Gasteiger partial charge is 0.244 e. The summed E-state index contributed by atoms with van der Waals surface area (Å²) in [7, 11) is 0. The quantitative estimate of drug-likeness (QED) is 0.917. The SMILES string of the molecule is CCCC1CCCN(C(=O)C(N)c2ccccc2)CC1. The molecule has 0 aromatic heterocycles. The molecular formula is C17H26N2O. The Labute approximate surface area is 122 Å². The average Bonchev–Trinajstić information content (AvgIpc) is 2.73. The number of hydrogen-bond donors (Lipinski definition) is 1. The fourth-order valence-electron chi connectivity index (χ4n) is 3.08. The molecule has 1 aliphatic heterocycles. The van der Waals surface area contributed by atoms with E-state index in [-0.39, 0.29) is 5.91 Å². The van der Waals surface area contributed by atoms with Crippen molar-refractivity contribution in [3.05, 3.63) is 35.9 Å². The molecule has 20 heavy (non-hydrogen) atoms. The van der Waals surface area contributed by atoms with Crippen molar-refractivity contribution in [2.75, 3.05) is 13.1 Å². The van der Waals surface area contributed by atoms with Crippen LogP contribution in [-0.4, -0.2) is 23.9 Å². The number of nitrogens with zero attached hydrogens (tertiary/aromatic N) is 1. The van der Waals surface area contributed by atoms with E-state index in [4.69, 9.17) is 5.73 Å². The van der Waals surface area contributed by atoms with Gasteiger partial charge in [0, 0.05) is 13.1 Å². The average molecular weight is 274 g/mol. The summed E-state index contributed by atoms with van der Waals surface area (Å²) in [6.45, 7) is 3.96. The maximum absolute atomic E-state index is 12.5. The first kappa shape index (κ1) is 15.0. The van der Waals surface area contributed by atoms with Gasteiger partial charge in [0.2, 0.25) is 5.91 Å². The minimum atomic E-state index is -0.515. The first-order chi connectivity index (χ1) is 9.72.